The number of benzene rings is 1. The van der Waals surface area contributed by atoms with E-state index in [0.29, 0.717) is 17.8 Å². The first-order valence-corrected chi connectivity index (χ1v) is 8.98. The number of rotatable bonds is 5. The van der Waals surface area contributed by atoms with Crippen molar-refractivity contribution < 1.29 is 9.21 Å². The summed E-state index contributed by atoms with van der Waals surface area (Å²) >= 11 is 0. The van der Waals surface area contributed by atoms with Crippen LogP contribution in [-0.4, -0.2) is 32.6 Å². The van der Waals surface area contributed by atoms with Gasteiger partial charge in [-0.1, -0.05) is 18.2 Å². The van der Waals surface area contributed by atoms with Crippen molar-refractivity contribution in [2.24, 2.45) is 0 Å². The summed E-state index contributed by atoms with van der Waals surface area (Å²) in [4.78, 5) is 19.0. The maximum atomic E-state index is 13.2. The van der Waals surface area contributed by atoms with Crippen LogP contribution in [0.4, 0.5) is 0 Å². The average Bonchev–Trinajstić information content (AvgIpc) is 3.35. The van der Waals surface area contributed by atoms with Crippen LogP contribution in [0.1, 0.15) is 21.9 Å². The standard InChI is InChI=1S/C22H20N4O2/c1-16-10-11-19(28-16)14-25(2)22(27)20-15-26(18-8-4-3-5-9-18)24-21(20)17-7-6-12-23-13-17/h3-13,15H,14H2,1-2H3. The lowest BCUT2D eigenvalue weighted by atomic mass is 10.1. The molecule has 1 amide bonds. The highest BCUT2D eigenvalue weighted by Gasteiger charge is 2.22. The molecule has 3 aromatic heterocycles. The van der Waals surface area contributed by atoms with E-state index in [0.717, 1.165) is 22.8 Å². The van der Waals surface area contributed by atoms with Crippen molar-refractivity contribution in [3.63, 3.8) is 0 Å². The Labute approximate surface area is 163 Å². The van der Waals surface area contributed by atoms with Gasteiger partial charge in [0.15, 0.2) is 0 Å². The molecule has 140 valence electrons. The summed E-state index contributed by atoms with van der Waals surface area (Å²) in [5, 5.41) is 4.67. The summed E-state index contributed by atoms with van der Waals surface area (Å²) in [5.41, 5.74) is 2.80. The molecular formula is C22H20N4O2. The highest BCUT2D eigenvalue weighted by molar-refractivity contribution is 5.99. The number of nitrogens with zero attached hydrogens (tertiary/aromatic N) is 4. The molecule has 0 spiro atoms. The van der Waals surface area contributed by atoms with Crippen molar-refractivity contribution in [2.45, 2.75) is 13.5 Å². The molecule has 4 rings (SSSR count). The van der Waals surface area contributed by atoms with Crippen LogP contribution in [0, 0.1) is 6.92 Å². The fourth-order valence-corrected chi connectivity index (χ4v) is 3.04. The van der Waals surface area contributed by atoms with E-state index in [9.17, 15) is 4.79 Å². The van der Waals surface area contributed by atoms with Gasteiger partial charge in [-0.3, -0.25) is 9.78 Å². The van der Waals surface area contributed by atoms with Gasteiger partial charge in [-0.2, -0.15) is 5.10 Å². The minimum Gasteiger partial charge on any atom is -0.464 e. The number of furan rings is 1. The highest BCUT2D eigenvalue weighted by Crippen LogP contribution is 2.24. The molecule has 3 heterocycles. The third-order valence-electron chi connectivity index (χ3n) is 4.44. The lowest BCUT2D eigenvalue weighted by molar-refractivity contribution is 0.0775. The second-order valence-corrected chi connectivity index (χ2v) is 6.59. The van der Waals surface area contributed by atoms with E-state index in [4.69, 9.17) is 4.42 Å². The Morgan fingerprint density at radius 1 is 1.11 bits per heavy atom. The quantitative estimate of drug-likeness (QED) is 0.529. The van der Waals surface area contributed by atoms with Crippen LogP contribution in [0.25, 0.3) is 16.9 Å². The summed E-state index contributed by atoms with van der Waals surface area (Å²) in [6.45, 7) is 2.27. The van der Waals surface area contributed by atoms with Gasteiger partial charge in [0, 0.05) is 31.2 Å². The summed E-state index contributed by atoms with van der Waals surface area (Å²) in [7, 11) is 1.76. The predicted octanol–water partition coefficient (Wildman–Crippen LogP) is 4.11. The number of carbonyl (C=O) groups excluding carboxylic acids is 1. The minimum atomic E-state index is -0.130. The highest BCUT2D eigenvalue weighted by atomic mass is 16.3. The summed E-state index contributed by atoms with van der Waals surface area (Å²) in [6.07, 6.45) is 5.18. The number of carbonyl (C=O) groups is 1. The van der Waals surface area contributed by atoms with E-state index < -0.39 is 0 Å². The SMILES string of the molecule is Cc1ccc(CN(C)C(=O)c2cn(-c3ccccc3)nc2-c2cccnc2)o1. The molecule has 0 aliphatic heterocycles. The number of amides is 1. The van der Waals surface area contributed by atoms with Crippen LogP contribution >= 0.6 is 0 Å². The monoisotopic (exact) mass is 372 g/mol. The van der Waals surface area contributed by atoms with Crippen LogP contribution in [0.3, 0.4) is 0 Å². The van der Waals surface area contributed by atoms with Gasteiger partial charge in [0.05, 0.1) is 17.8 Å². The summed E-state index contributed by atoms with van der Waals surface area (Å²) < 4.78 is 7.33. The topological polar surface area (TPSA) is 64.2 Å². The Hall–Kier alpha value is -3.67. The van der Waals surface area contributed by atoms with Crippen molar-refractivity contribution in [1.82, 2.24) is 19.7 Å². The molecule has 28 heavy (non-hydrogen) atoms. The van der Waals surface area contributed by atoms with E-state index >= 15 is 0 Å². The zero-order chi connectivity index (χ0) is 19.5. The molecule has 0 aliphatic rings. The molecule has 6 nitrogen and oxygen atoms in total. The Morgan fingerprint density at radius 2 is 1.93 bits per heavy atom. The van der Waals surface area contributed by atoms with E-state index in [1.54, 1.807) is 35.2 Å². The molecule has 0 aliphatic carbocycles. The smallest absolute Gasteiger partial charge is 0.257 e. The Morgan fingerprint density at radius 3 is 2.61 bits per heavy atom. The maximum Gasteiger partial charge on any atom is 0.257 e. The molecule has 0 saturated heterocycles. The summed E-state index contributed by atoms with van der Waals surface area (Å²) in [6, 6.07) is 17.2. The summed E-state index contributed by atoms with van der Waals surface area (Å²) in [5.74, 6) is 1.44. The lowest BCUT2D eigenvalue weighted by Crippen LogP contribution is -2.26. The molecular weight excluding hydrogens is 352 g/mol. The molecule has 4 aromatic rings. The van der Waals surface area contributed by atoms with Gasteiger partial charge in [0.25, 0.3) is 5.91 Å². The fraction of sp³-hybridized carbons (Fsp3) is 0.136. The van der Waals surface area contributed by atoms with Gasteiger partial charge in [-0.05, 0) is 43.3 Å². The fourth-order valence-electron chi connectivity index (χ4n) is 3.04. The van der Waals surface area contributed by atoms with Gasteiger partial charge in [-0.25, -0.2) is 4.68 Å². The minimum absolute atomic E-state index is 0.130. The Kier molecular flexibility index (Phi) is 4.76. The third-order valence-corrected chi connectivity index (χ3v) is 4.44. The Balaban J connectivity index is 1.72. The van der Waals surface area contributed by atoms with Gasteiger partial charge >= 0.3 is 0 Å². The van der Waals surface area contributed by atoms with Gasteiger partial charge < -0.3 is 9.32 Å². The van der Waals surface area contributed by atoms with Gasteiger partial charge in [0.2, 0.25) is 0 Å². The van der Waals surface area contributed by atoms with E-state index in [2.05, 4.69) is 10.1 Å². The number of pyridine rings is 1. The van der Waals surface area contributed by atoms with E-state index in [1.807, 2.05) is 61.5 Å². The van der Waals surface area contributed by atoms with Crippen molar-refractivity contribution >= 4 is 5.91 Å². The molecule has 0 saturated carbocycles. The third kappa shape index (κ3) is 3.57. The van der Waals surface area contributed by atoms with Gasteiger partial charge in [-0.15, -0.1) is 0 Å². The number of hydrogen-bond acceptors (Lipinski definition) is 4. The zero-order valence-corrected chi connectivity index (χ0v) is 15.7. The first-order chi connectivity index (χ1) is 13.6. The van der Waals surface area contributed by atoms with Crippen molar-refractivity contribution in [3.05, 3.63) is 90.3 Å². The van der Waals surface area contributed by atoms with Crippen LogP contribution in [-0.2, 0) is 6.54 Å². The van der Waals surface area contributed by atoms with Gasteiger partial charge in [0.1, 0.15) is 17.2 Å². The predicted molar refractivity (Wildman–Crippen MR) is 106 cm³/mol. The molecule has 0 atom stereocenters. The average molecular weight is 372 g/mol. The molecule has 1 aromatic carbocycles. The second-order valence-electron chi connectivity index (χ2n) is 6.59. The number of aryl methyl sites for hydroxylation is 1. The first-order valence-electron chi connectivity index (χ1n) is 8.98. The molecule has 0 unspecified atom stereocenters. The largest absolute Gasteiger partial charge is 0.464 e. The molecule has 0 bridgehead atoms. The molecule has 0 fully saturated rings. The molecule has 6 heteroatoms. The molecule has 0 radical (unpaired) electrons. The van der Waals surface area contributed by atoms with Crippen LogP contribution in [0.2, 0.25) is 0 Å². The maximum absolute atomic E-state index is 13.2. The number of hydrogen-bond donors (Lipinski definition) is 0. The van der Waals surface area contributed by atoms with Crippen LogP contribution < -0.4 is 0 Å². The number of para-hydroxylation sites is 1. The van der Waals surface area contributed by atoms with Crippen LogP contribution in [0.15, 0.2) is 77.6 Å². The zero-order valence-electron chi connectivity index (χ0n) is 15.7. The first kappa shape index (κ1) is 17.7. The van der Waals surface area contributed by atoms with Crippen LogP contribution in [0.5, 0.6) is 0 Å². The second kappa shape index (κ2) is 7.52. The Bertz CT molecular complexity index is 1080. The number of aromatic nitrogens is 3. The molecule has 0 N–H and O–H groups in total. The van der Waals surface area contributed by atoms with E-state index in [1.165, 1.54) is 0 Å². The van der Waals surface area contributed by atoms with Crippen molar-refractivity contribution in [3.8, 4) is 16.9 Å². The lowest BCUT2D eigenvalue weighted by Gasteiger charge is -2.15. The van der Waals surface area contributed by atoms with E-state index in [-0.39, 0.29) is 5.91 Å². The van der Waals surface area contributed by atoms with Crippen molar-refractivity contribution in [1.29, 1.82) is 0 Å². The van der Waals surface area contributed by atoms with Crippen molar-refractivity contribution in [2.75, 3.05) is 7.05 Å². The normalized spacial score (nSPS) is 10.8.